The van der Waals surface area contributed by atoms with E-state index in [1.807, 2.05) is 0 Å². The van der Waals surface area contributed by atoms with Crippen molar-refractivity contribution in [1.82, 2.24) is 0 Å². The molecule has 1 aromatic rings. The van der Waals surface area contributed by atoms with Crippen molar-refractivity contribution >= 4 is 0 Å². The Balaban J connectivity index is 2.53. The molecule has 1 unspecified atom stereocenters. The lowest BCUT2D eigenvalue weighted by atomic mass is 9.75. The van der Waals surface area contributed by atoms with Gasteiger partial charge in [0.1, 0.15) is 0 Å². The summed E-state index contributed by atoms with van der Waals surface area (Å²) in [5.74, 6) is 0. The van der Waals surface area contributed by atoms with Crippen molar-refractivity contribution in [2.75, 3.05) is 0 Å². The van der Waals surface area contributed by atoms with E-state index in [4.69, 9.17) is 0 Å². The number of hydrogen-bond donors (Lipinski definition) is 1. The van der Waals surface area contributed by atoms with Gasteiger partial charge in [0.2, 0.25) is 0 Å². The largest absolute Gasteiger partial charge is 0.392 e. The SMILES string of the molecule is CCC1(CC)c2ccccc2CC1O. The molecule has 0 aliphatic heterocycles. The standard InChI is InChI=1S/C13H18O/c1-3-13(4-2)11-8-6-5-7-10(11)9-12(13)14/h5-8,12,14H,3-4,9H2,1-2H3. The van der Waals surface area contributed by atoms with E-state index in [-0.39, 0.29) is 11.5 Å². The lowest BCUT2D eigenvalue weighted by Gasteiger charge is -2.31. The average Bonchev–Trinajstić information content (AvgIpc) is 2.50. The molecule has 0 saturated heterocycles. The molecule has 1 aromatic carbocycles. The predicted molar refractivity (Wildman–Crippen MR) is 58.4 cm³/mol. The lowest BCUT2D eigenvalue weighted by Crippen LogP contribution is -2.34. The molecule has 0 spiro atoms. The van der Waals surface area contributed by atoms with Crippen LogP contribution >= 0.6 is 0 Å². The zero-order valence-corrected chi connectivity index (χ0v) is 8.96. The fourth-order valence-electron chi connectivity index (χ4n) is 2.87. The fourth-order valence-corrected chi connectivity index (χ4v) is 2.87. The van der Waals surface area contributed by atoms with Gasteiger partial charge in [0.05, 0.1) is 6.10 Å². The van der Waals surface area contributed by atoms with Crippen LogP contribution in [0.3, 0.4) is 0 Å². The molecule has 0 amide bonds. The van der Waals surface area contributed by atoms with Crippen molar-refractivity contribution < 1.29 is 5.11 Å². The second-order valence-electron chi connectivity index (χ2n) is 4.24. The minimum Gasteiger partial charge on any atom is -0.392 e. The summed E-state index contributed by atoms with van der Waals surface area (Å²) in [6, 6.07) is 8.47. The monoisotopic (exact) mass is 190 g/mol. The normalized spacial score (nSPS) is 23.5. The van der Waals surface area contributed by atoms with E-state index in [9.17, 15) is 5.11 Å². The number of benzene rings is 1. The van der Waals surface area contributed by atoms with Crippen LogP contribution in [0.5, 0.6) is 0 Å². The van der Waals surface area contributed by atoms with Crippen LogP contribution in [0, 0.1) is 0 Å². The van der Waals surface area contributed by atoms with Crippen LogP contribution in [0.2, 0.25) is 0 Å². The average molecular weight is 190 g/mol. The van der Waals surface area contributed by atoms with Crippen molar-refractivity contribution in [3.05, 3.63) is 35.4 Å². The molecule has 0 bridgehead atoms. The molecular weight excluding hydrogens is 172 g/mol. The molecular formula is C13H18O. The number of hydrogen-bond acceptors (Lipinski definition) is 1. The van der Waals surface area contributed by atoms with E-state index in [0.717, 1.165) is 19.3 Å². The molecule has 76 valence electrons. The van der Waals surface area contributed by atoms with Gasteiger partial charge in [0, 0.05) is 5.41 Å². The molecule has 2 rings (SSSR count). The van der Waals surface area contributed by atoms with E-state index in [0.29, 0.717) is 0 Å². The van der Waals surface area contributed by atoms with Crippen LogP contribution < -0.4 is 0 Å². The first kappa shape index (κ1) is 9.72. The maximum atomic E-state index is 10.2. The first-order valence-electron chi connectivity index (χ1n) is 5.51. The Kier molecular flexibility index (Phi) is 2.36. The molecule has 1 aliphatic carbocycles. The molecule has 0 radical (unpaired) electrons. The summed E-state index contributed by atoms with van der Waals surface area (Å²) in [5.41, 5.74) is 2.73. The third-order valence-corrected chi connectivity index (χ3v) is 3.87. The van der Waals surface area contributed by atoms with Gasteiger partial charge in [-0.3, -0.25) is 0 Å². The van der Waals surface area contributed by atoms with Gasteiger partial charge in [0.25, 0.3) is 0 Å². The van der Waals surface area contributed by atoms with Crippen molar-refractivity contribution in [1.29, 1.82) is 0 Å². The summed E-state index contributed by atoms with van der Waals surface area (Å²) < 4.78 is 0. The summed E-state index contributed by atoms with van der Waals surface area (Å²) in [4.78, 5) is 0. The van der Waals surface area contributed by atoms with Crippen molar-refractivity contribution in [2.45, 2.75) is 44.6 Å². The van der Waals surface area contributed by atoms with Gasteiger partial charge in [-0.25, -0.2) is 0 Å². The van der Waals surface area contributed by atoms with E-state index < -0.39 is 0 Å². The van der Waals surface area contributed by atoms with E-state index in [1.54, 1.807) is 0 Å². The Bertz CT molecular complexity index is 326. The summed E-state index contributed by atoms with van der Waals surface area (Å²) in [6.07, 6.45) is 2.70. The van der Waals surface area contributed by atoms with Gasteiger partial charge in [-0.05, 0) is 30.4 Å². The van der Waals surface area contributed by atoms with Crippen LogP contribution in [0.15, 0.2) is 24.3 Å². The highest BCUT2D eigenvalue weighted by Gasteiger charge is 2.42. The topological polar surface area (TPSA) is 20.2 Å². The molecule has 1 aliphatic rings. The first-order valence-corrected chi connectivity index (χ1v) is 5.51. The number of aliphatic hydroxyl groups excluding tert-OH is 1. The van der Waals surface area contributed by atoms with Crippen molar-refractivity contribution in [3.8, 4) is 0 Å². The van der Waals surface area contributed by atoms with Crippen LogP contribution in [0.25, 0.3) is 0 Å². The Morgan fingerprint density at radius 2 is 1.93 bits per heavy atom. The zero-order valence-electron chi connectivity index (χ0n) is 8.96. The highest BCUT2D eigenvalue weighted by Crippen LogP contribution is 2.43. The summed E-state index contributed by atoms with van der Waals surface area (Å²) in [7, 11) is 0. The molecule has 14 heavy (non-hydrogen) atoms. The van der Waals surface area contributed by atoms with Gasteiger partial charge in [-0.2, -0.15) is 0 Å². The second-order valence-corrected chi connectivity index (χ2v) is 4.24. The smallest absolute Gasteiger partial charge is 0.0677 e. The Hall–Kier alpha value is -0.820. The maximum absolute atomic E-state index is 10.2. The minimum absolute atomic E-state index is 0.0244. The van der Waals surface area contributed by atoms with Gasteiger partial charge in [-0.1, -0.05) is 38.1 Å². The molecule has 0 aromatic heterocycles. The highest BCUT2D eigenvalue weighted by atomic mass is 16.3. The van der Waals surface area contributed by atoms with Crippen molar-refractivity contribution in [2.24, 2.45) is 0 Å². The maximum Gasteiger partial charge on any atom is 0.0677 e. The molecule has 1 heteroatoms. The van der Waals surface area contributed by atoms with Gasteiger partial charge < -0.3 is 5.11 Å². The van der Waals surface area contributed by atoms with Gasteiger partial charge in [0.15, 0.2) is 0 Å². The molecule has 1 nitrogen and oxygen atoms in total. The van der Waals surface area contributed by atoms with Crippen LogP contribution in [0.1, 0.15) is 37.8 Å². The molecule has 0 fully saturated rings. The quantitative estimate of drug-likeness (QED) is 0.760. The molecule has 0 saturated carbocycles. The third kappa shape index (κ3) is 1.12. The number of rotatable bonds is 2. The molecule has 0 heterocycles. The van der Waals surface area contributed by atoms with Crippen LogP contribution in [-0.2, 0) is 11.8 Å². The minimum atomic E-state index is -0.185. The Morgan fingerprint density at radius 3 is 2.57 bits per heavy atom. The van der Waals surface area contributed by atoms with Gasteiger partial charge in [-0.15, -0.1) is 0 Å². The predicted octanol–water partition coefficient (Wildman–Crippen LogP) is 2.66. The zero-order chi connectivity index (χ0) is 10.2. The van der Waals surface area contributed by atoms with Crippen molar-refractivity contribution in [3.63, 3.8) is 0 Å². The van der Waals surface area contributed by atoms with E-state index in [2.05, 4.69) is 38.1 Å². The summed E-state index contributed by atoms with van der Waals surface area (Å²) in [6.45, 7) is 4.35. The van der Waals surface area contributed by atoms with Gasteiger partial charge >= 0.3 is 0 Å². The Labute approximate surface area is 85.8 Å². The molecule has 1 atom stereocenters. The lowest BCUT2D eigenvalue weighted by molar-refractivity contribution is 0.0893. The van der Waals surface area contributed by atoms with E-state index in [1.165, 1.54) is 11.1 Å². The number of fused-ring (bicyclic) bond motifs is 1. The molecule has 1 N–H and O–H groups in total. The fraction of sp³-hybridized carbons (Fsp3) is 0.538. The Morgan fingerprint density at radius 1 is 1.29 bits per heavy atom. The first-order chi connectivity index (χ1) is 6.74. The van der Waals surface area contributed by atoms with Crippen LogP contribution in [0.4, 0.5) is 0 Å². The number of aliphatic hydroxyl groups is 1. The summed E-state index contributed by atoms with van der Waals surface area (Å²) >= 11 is 0. The third-order valence-electron chi connectivity index (χ3n) is 3.87. The summed E-state index contributed by atoms with van der Waals surface area (Å²) in [5, 5.41) is 10.2. The highest BCUT2D eigenvalue weighted by molar-refractivity contribution is 5.41. The second kappa shape index (κ2) is 3.39. The van der Waals surface area contributed by atoms with Crippen LogP contribution in [-0.4, -0.2) is 11.2 Å². The van der Waals surface area contributed by atoms with E-state index >= 15 is 0 Å².